The maximum absolute atomic E-state index is 11.8. The lowest BCUT2D eigenvalue weighted by Gasteiger charge is -2.18. The van der Waals surface area contributed by atoms with Crippen LogP contribution in [0.2, 0.25) is 0 Å². The molecule has 10 nitrogen and oxygen atoms in total. The molecule has 0 saturated carbocycles. The van der Waals surface area contributed by atoms with Crippen molar-refractivity contribution in [3.05, 3.63) is 30.3 Å². The molecule has 0 aliphatic carbocycles. The number of aromatic nitrogens is 4. The summed E-state index contributed by atoms with van der Waals surface area (Å²) in [7, 11) is 1.47. The third kappa shape index (κ3) is 3.26. The van der Waals surface area contributed by atoms with Crippen molar-refractivity contribution in [2.75, 3.05) is 26.9 Å². The molecule has 1 aromatic heterocycles. The fourth-order valence-electron chi connectivity index (χ4n) is 3.25. The van der Waals surface area contributed by atoms with Crippen molar-refractivity contribution in [3.8, 4) is 11.8 Å². The van der Waals surface area contributed by atoms with E-state index < -0.39 is 0 Å². The van der Waals surface area contributed by atoms with E-state index in [1.165, 1.54) is 7.11 Å². The third-order valence-electron chi connectivity index (χ3n) is 4.38. The van der Waals surface area contributed by atoms with Crippen molar-refractivity contribution in [2.45, 2.75) is 24.3 Å². The van der Waals surface area contributed by atoms with E-state index in [-0.39, 0.29) is 42.8 Å². The topological polar surface area (TPSA) is 110 Å². The molecule has 138 valence electrons. The normalized spacial score (nSPS) is 27.3. The van der Waals surface area contributed by atoms with Gasteiger partial charge < -0.3 is 24.3 Å². The van der Waals surface area contributed by atoms with E-state index >= 15 is 0 Å². The lowest BCUT2D eigenvalue weighted by Crippen LogP contribution is -2.45. The van der Waals surface area contributed by atoms with Gasteiger partial charge >= 0.3 is 6.01 Å². The first-order valence-electron chi connectivity index (χ1n) is 8.28. The summed E-state index contributed by atoms with van der Waals surface area (Å²) < 4.78 is 23.9. The standard InChI is InChI=1S/C16H19N5O5/c1-23-9-13(22)17-11-7-24-15-12(8-25-14(11)15)21-16(18-19-20-21)26-10-5-3-2-4-6-10/h2-6,11-12,14-15H,7-9H2,1H3,(H,17,22)/t11-,12-,14+,15+/m0/s1. The Morgan fingerprint density at radius 1 is 1.27 bits per heavy atom. The van der Waals surface area contributed by atoms with Gasteiger partial charge in [0, 0.05) is 7.11 Å². The van der Waals surface area contributed by atoms with E-state index in [2.05, 4.69) is 20.8 Å². The second-order valence-electron chi connectivity index (χ2n) is 6.09. The van der Waals surface area contributed by atoms with Gasteiger partial charge in [-0.3, -0.25) is 4.79 Å². The minimum atomic E-state index is -0.274. The fraction of sp³-hybridized carbons (Fsp3) is 0.500. The maximum atomic E-state index is 11.8. The largest absolute Gasteiger partial charge is 0.423 e. The van der Waals surface area contributed by atoms with E-state index in [1.807, 2.05) is 30.3 Å². The number of benzene rings is 1. The summed E-state index contributed by atoms with van der Waals surface area (Å²) in [5.41, 5.74) is 0. The van der Waals surface area contributed by atoms with Crippen molar-refractivity contribution in [3.63, 3.8) is 0 Å². The number of fused-ring (bicyclic) bond motifs is 1. The first-order chi connectivity index (χ1) is 12.8. The van der Waals surface area contributed by atoms with Gasteiger partial charge in [0.15, 0.2) is 0 Å². The van der Waals surface area contributed by atoms with Crippen LogP contribution in [0.1, 0.15) is 6.04 Å². The summed E-state index contributed by atoms with van der Waals surface area (Å²) in [5.74, 6) is 0.431. The summed E-state index contributed by atoms with van der Waals surface area (Å²) in [4.78, 5) is 11.8. The predicted octanol–water partition coefficient (Wildman–Crippen LogP) is -0.0647. The molecule has 2 aliphatic rings. The molecule has 1 amide bonds. The SMILES string of the molecule is COCC(=O)N[C@H]1CO[C@H]2[C@@H]1OC[C@@H]2n1nnnc1Oc1ccccc1. The van der Waals surface area contributed by atoms with Crippen molar-refractivity contribution in [1.29, 1.82) is 0 Å². The lowest BCUT2D eigenvalue weighted by atomic mass is 10.1. The Morgan fingerprint density at radius 2 is 2.08 bits per heavy atom. The lowest BCUT2D eigenvalue weighted by molar-refractivity contribution is -0.126. The van der Waals surface area contributed by atoms with Crippen LogP contribution < -0.4 is 10.1 Å². The Balaban J connectivity index is 1.46. The Kier molecular flexibility index (Phi) is 4.78. The van der Waals surface area contributed by atoms with E-state index in [4.69, 9.17) is 18.9 Å². The maximum Gasteiger partial charge on any atom is 0.341 e. The number of methoxy groups -OCH3 is 1. The van der Waals surface area contributed by atoms with E-state index in [0.29, 0.717) is 19.0 Å². The highest BCUT2D eigenvalue weighted by Crippen LogP contribution is 2.35. The van der Waals surface area contributed by atoms with Crippen LogP contribution in [-0.2, 0) is 19.0 Å². The first-order valence-corrected chi connectivity index (χ1v) is 8.28. The van der Waals surface area contributed by atoms with E-state index in [1.54, 1.807) is 4.68 Å². The molecule has 0 bridgehead atoms. The molecule has 0 spiro atoms. The summed E-state index contributed by atoms with van der Waals surface area (Å²) in [6, 6.07) is 9.06. The quantitative estimate of drug-likeness (QED) is 0.762. The summed E-state index contributed by atoms with van der Waals surface area (Å²) in [6.45, 7) is 0.722. The fourth-order valence-corrected chi connectivity index (χ4v) is 3.25. The van der Waals surface area contributed by atoms with Crippen molar-refractivity contribution in [2.24, 2.45) is 0 Å². The molecule has 0 unspecified atom stereocenters. The van der Waals surface area contributed by atoms with Gasteiger partial charge in [-0.25, -0.2) is 0 Å². The van der Waals surface area contributed by atoms with Crippen LogP contribution >= 0.6 is 0 Å². The number of para-hydroxylation sites is 1. The molecule has 2 fully saturated rings. The second-order valence-corrected chi connectivity index (χ2v) is 6.09. The van der Waals surface area contributed by atoms with Gasteiger partial charge in [0.1, 0.15) is 30.6 Å². The van der Waals surface area contributed by atoms with Crippen LogP contribution in [-0.4, -0.2) is 71.3 Å². The number of ether oxygens (including phenoxy) is 4. The van der Waals surface area contributed by atoms with Crippen molar-refractivity contribution in [1.82, 2.24) is 25.5 Å². The molecule has 26 heavy (non-hydrogen) atoms. The minimum Gasteiger partial charge on any atom is -0.423 e. The van der Waals surface area contributed by atoms with Gasteiger partial charge in [-0.1, -0.05) is 23.3 Å². The van der Waals surface area contributed by atoms with Gasteiger partial charge in [0.2, 0.25) is 5.91 Å². The Labute approximate surface area is 149 Å². The van der Waals surface area contributed by atoms with Crippen molar-refractivity contribution < 1.29 is 23.7 Å². The molecule has 2 aromatic rings. The predicted molar refractivity (Wildman–Crippen MR) is 86.7 cm³/mol. The number of hydrogen-bond acceptors (Lipinski definition) is 8. The third-order valence-corrected chi connectivity index (χ3v) is 4.38. The van der Waals surface area contributed by atoms with Crippen LogP contribution in [0.25, 0.3) is 0 Å². The number of tetrazole rings is 1. The van der Waals surface area contributed by atoms with E-state index in [9.17, 15) is 4.79 Å². The number of nitrogens with one attached hydrogen (secondary N) is 1. The zero-order chi connectivity index (χ0) is 17.9. The van der Waals surface area contributed by atoms with Crippen LogP contribution in [0.15, 0.2) is 30.3 Å². The number of amides is 1. The molecular formula is C16H19N5O5. The number of carbonyl (C=O) groups is 1. The average molecular weight is 361 g/mol. The van der Waals surface area contributed by atoms with Crippen LogP contribution in [0.5, 0.6) is 11.8 Å². The molecule has 4 rings (SSSR count). The highest BCUT2D eigenvalue weighted by Gasteiger charge is 2.50. The molecular weight excluding hydrogens is 342 g/mol. The average Bonchev–Trinajstić information content (AvgIpc) is 3.34. The number of nitrogens with zero attached hydrogens (tertiary/aromatic N) is 4. The molecule has 3 heterocycles. The van der Waals surface area contributed by atoms with Crippen LogP contribution in [0.3, 0.4) is 0 Å². The van der Waals surface area contributed by atoms with Gasteiger partial charge in [-0.2, -0.15) is 4.68 Å². The molecule has 10 heteroatoms. The molecule has 2 saturated heterocycles. The highest BCUT2D eigenvalue weighted by atomic mass is 16.6. The summed E-state index contributed by atoms with van der Waals surface area (Å²) >= 11 is 0. The summed E-state index contributed by atoms with van der Waals surface area (Å²) in [6.07, 6.45) is -0.543. The molecule has 1 N–H and O–H groups in total. The Morgan fingerprint density at radius 3 is 2.88 bits per heavy atom. The first kappa shape index (κ1) is 16.9. The van der Waals surface area contributed by atoms with Gasteiger partial charge in [0.25, 0.3) is 0 Å². The van der Waals surface area contributed by atoms with E-state index in [0.717, 1.165) is 0 Å². The number of carbonyl (C=O) groups excluding carboxylic acids is 1. The minimum absolute atomic E-state index is 0.000620. The Bertz CT molecular complexity index is 754. The molecule has 1 aromatic carbocycles. The molecule has 4 atom stereocenters. The monoisotopic (exact) mass is 361 g/mol. The zero-order valence-corrected chi connectivity index (χ0v) is 14.1. The molecule has 0 radical (unpaired) electrons. The van der Waals surface area contributed by atoms with Crippen molar-refractivity contribution >= 4 is 5.91 Å². The summed E-state index contributed by atoms with van der Waals surface area (Å²) in [5, 5.41) is 14.6. The van der Waals surface area contributed by atoms with Gasteiger partial charge in [0.05, 0.1) is 19.3 Å². The smallest absolute Gasteiger partial charge is 0.341 e. The second kappa shape index (κ2) is 7.36. The van der Waals surface area contributed by atoms with Crippen LogP contribution in [0, 0.1) is 0 Å². The van der Waals surface area contributed by atoms with Gasteiger partial charge in [-0.15, -0.1) is 0 Å². The Hall–Kier alpha value is -2.56. The number of rotatable bonds is 6. The zero-order valence-electron chi connectivity index (χ0n) is 14.1. The highest BCUT2D eigenvalue weighted by molar-refractivity contribution is 5.77. The van der Waals surface area contributed by atoms with Gasteiger partial charge in [-0.05, 0) is 22.6 Å². The number of hydrogen-bond donors (Lipinski definition) is 1. The molecule has 2 aliphatic heterocycles. The van der Waals surface area contributed by atoms with Crippen LogP contribution in [0.4, 0.5) is 0 Å².